The number of methoxy groups -OCH3 is 1. The molecule has 1 aliphatic heterocycles. The Morgan fingerprint density at radius 1 is 1.26 bits per heavy atom. The summed E-state index contributed by atoms with van der Waals surface area (Å²) in [6, 6.07) is 9.12. The van der Waals surface area contributed by atoms with Gasteiger partial charge in [-0.25, -0.2) is 4.98 Å². The number of hydrogen-bond acceptors (Lipinski definition) is 7. The van der Waals surface area contributed by atoms with Gasteiger partial charge >= 0.3 is 0 Å². The molecule has 0 spiro atoms. The summed E-state index contributed by atoms with van der Waals surface area (Å²) >= 11 is 1.46. The molecule has 3 aromatic rings. The van der Waals surface area contributed by atoms with Crippen molar-refractivity contribution in [3.8, 4) is 5.75 Å². The number of hydrogen-bond donors (Lipinski definition) is 1. The summed E-state index contributed by atoms with van der Waals surface area (Å²) in [5, 5.41) is 4.89. The van der Waals surface area contributed by atoms with Crippen molar-refractivity contribution >= 4 is 22.2 Å². The number of thiazole rings is 1. The number of ether oxygens (including phenoxy) is 1. The van der Waals surface area contributed by atoms with E-state index in [2.05, 4.69) is 20.1 Å². The molecule has 1 N–H and O–H groups in total. The van der Waals surface area contributed by atoms with Crippen LogP contribution in [0.4, 0.5) is 0 Å². The van der Waals surface area contributed by atoms with Crippen LogP contribution in [-0.4, -0.2) is 64.4 Å². The van der Waals surface area contributed by atoms with E-state index in [9.17, 15) is 9.59 Å². The van der Waals surface area contributed by atoms with Crippen LogP contribution in [0.3, 0.4) is 0 Å². The van der Waals surface area contributed by atoms with Crippen molar-refractivity contribution in [1.29, 1.82) is 0 Å². The Morgan fingerprint density at radius 2 is 2.06 bits per heavy atom. The van der Waals surface area contributed by atoms with E-state index in [1.54, 1.807) is 23.8 Å². The molecule has 0 bridgehead atoms. The Kier molecular flexibility index (Phi) is 6.64. The van der Waals surface area contributed by atoms with Gasteiger partial charge in [0.25, 0.3) is 5.56 Å². The van der Waals surface area contributed by atoms with Crippen LogP contribution in [0.15, 0.2) is 46.7 Å². The summed E-state index contributed by atoms with van der Waals surface area (Å²) in [5.74, 6) is 0.806. The van der Waals surface area contributed by atoms with E-state index in [4.69, 9.17) is 4.74 Å². The van der Waals surface area contributed by atoms with E-state index in [1.165, 1.54) is 11.3 Å². The van der Waals surface area contributed by atoms with Gasteiger partial charge in [0.2, 0.25) is 5.91 Å². The van der Waals surface area contributed by atoms with Crippen LogP contribution in [0.2, 0.25) is 0 Å². The number of benzene rings is 1. The van der Waals surface area contributed by atoms with E-state index in [1.807, 2.05) is 36.6 Å². The van der Waals surface area contributed by atoms with Gasteiger partial charge in [-0.1, -0.05) is 12.1 Å². The summed E-state index contributed by atoms with van der Waals surface area (Å²) in [6.45, 7) is 6.34. The van der Waals surface area contributed by atoms with Crippen molar-refractivity contribution in [1.82, 2.24) is 24.5 Å². The number of nitrogens with zero attached hydrogens (tertiary/aromatic N) is 4. The quantitative estimate of drug-likeness (QED) is 0.600. The number of rotatable bonds is 7. The summed E-state index contributed by atoms with van der Waals surface area (Å²) in [5.41, 5.74) is 1.77. The van der Waals surface area contributed by atoms with Gasteiger partial charge in [0.1, 0.15) is 5.75 Å². The molecule has 2 aromatic heterocycles. The van der Waals surface area contributed by atoms with Crippen molar-refractivity contribution in [2.45, 2.75) is 26.1 Å². The number of amides is 1. The van der Waals surface area contributed by atoms with E-state index in [0.29, 0.717) is 13.1 Å². The van der Waals surface area contributed by atoms with Gasteiger partial charge < -0.3 is 10.1 Å². The van der Waals surface area contributed by atoms with Gasteiger partial charge in [0, 0.05) is 56.9 Å². The van der Waals surface area contributed by atoms with Crippen molar-refractivity contribution < 1.29 is 9.53 Å². The molecule has 0 saturated carbocycles. The smallest absolute Gasteiger partial charge is 0.258 e. The van der Waals surface area contributed by atoms with Gasteiger partial charge in [-0.3, -0.25) is 23.8 Å². The molecule has 1 atom stereocenters. The van der Waals surface area contributed by atoms with Crippen LogP contribution >= 0.6 is 11.3 Å². The Balaban J connectivity index is 1.27. The fourth-order valence-corrected chi connectivity index (χ4v) is 4.53. The van der Waals surface area contributed by atoms with Crippen LogP contribution in [0, 0.1) is 0 Å². The standard InChI is InChI=1S/C22H27N5O3S/c1-16(21(29)23-14-17-4-3-5-19(12-17)30-2)26-8-6-25(7-9-26)15-18-13-20(28)27-10-11-31-22(27)24-18/h3-5,10-13,16H,6-9,14-15H2,1-2H3,(H,23,29). The highest BCUT2D eigenvalue weighted by atomic mass is 32.1. The monoisotopic (exact) mass is 441 g/mol. The molecule has 1 aliphatic rings. The molecular weight excluding hydrogens is 414 g/mol. The van der Waals surface area contributed by atoms with Crippen LogP contribution in [-0.2, 0) is 17.9 Å². The van der Waals surface area contributed by atoms with E-state index < -0.39 is 0 Å². The van der Waals surface area contributed by atoms with Crippen molar-refractivity contribution in [2.24, 2.45) is 0 Å². The molecule has 1 aromatic carbocycles. The number of carbonyl (C=O) groups excluding carboxylic acids is 1. The number of aromatic nitrogens is 2. The molecule has 3 heterocycles. The van der Waals surface area contributed by atoms with Crippen LogP contribution in [0.25, 0.3) is 4.96 Å². The molecule has 164 valence electrons. The zero-order valence-electron chi connectivity index (χ0n) is 17.8. The Hall–Kier alpha value is -2.75. The van der Waals surface area contributed by atoms with Gasteiger partial charge in [-0.05, 0) is 24.6 Å². The second kappa shape index (κ2) is 9.59. The van der Waals surface area contributed by atoms with Gasteiger partial charge in [-0.15, -0.1) is 11.3 Å². The number of piperazine rings is 1. The molecule has 1 unspecified atom stereocenters. The average Bonchev–Trinajstić information content (AvgIpc) is 3.27. The molecular formula is C22H27N5O3S. The second-order valence-electron chi connectivity index (χ2n) is 7.70. The molecule has 31 heavy (non-hydrogen) atoms. The third-order valence-corrected chi connectivity index (χ3v) is 6.43. The van der Waals surface area contributed by atoms with Crippen LogP contribution < -0.4 is 15.6 Å². The maximum atomic E-state index is 12.6. The van der Waals surface area contributed by atoms with E-state index >= 15 is 0 Å². The first kappa shape index (κ1) is 21.5. The summed E-state index contributed by atoms with van der Waals surface area (Å²) in [4.78, 5) is 34.6. The highest BCUT2D eigenvalue weighted by molar-refractivity contribution is 7.15. The predicted octanol–water partition coefficient (Wildman–Crippen LogP) is 1.59. The lowest BCUT2D eigenvalue weighted by molar-refractivity contribution is -0.126. The minimum atomic E-state index is -0.196. The molecule has 0 aliphatic carbocycles. The third-order valence-electron chi connectivity index (χ3n) is 5.68. The summed E-state index contributed by atoms with van der Waals surface area (Å²) in [7, 11) is 1.63. The summed E-state index contributed by atoms with van der Waals surface area (Å²) < 4.78 is 6.80. The topological polar surface area (TPSA) is 79.2 Å². The molecule has 1 amide bonds. The lowest BCUT2D eigenvalue weighted by Crippen LogP contribution is -2.53. The fourth-order valence-electron chi connectivity index (χ4n) is 3.79. The number of carbonyl (C=O) groups is 1. The fraction of sp³-hybridized carbons (Fsp3) is 0.409. The van der Waals surface area contributed by atoms with Crippen molar-refractivity contribution in [2.75, 3.05) is 33.3 Å². The van der Waals surface area contributed by atoms with E-state index in [0.717, 1.165) is 48.1 Å². The number of fused-ring (bicyclic) bond motifs is 1. The lowest BCUT2D eigenvalue weighted by Gasteiger charge is -2.37. The SMILES string of the molecule is COc1cccc(CNC(=O)C(C)N2CCN(Cc3cc(=O)n4ccsc4n3)CC2)c1. The van der Waals surface area contributed by atoms with E-state index in [-0.39, 0.29) is 17.5 Å². The average molecular weight is 442 g/mol. The Bertz CT molecular complexity index is 1100. The van der Waals surface area contributed by atoms with Crippen molar-refractivity contribution in [3.05, 3.63) is 63.5 Å². The third kappa shape index (κ3) is 5.12. The molecule has 0 radical (unpaired) electrons. The molecule has 1 saturated heterocycles. The van der Waals surface area contributed by atoms with Crippen LogP contribution in [0.5, 0.6) is 5.75 Å². The van der Waals surface area contributed by atoms with Crippen LogP contribution in [0.1, 0.15) is 18.2 Å². The molecule has 9 heteroatoms. The normalized spacial score (nSPS) is 16.3. The zero-order valence-corrected chi connectivity index (χ0v) is 18.6. The minimum Gasteiger partial charge on any atom is -0.497 e. The maximum absolute atomic E-state index is 12.6. The van der Waals surface area contributed by atoms with Crippen molar-refractivity contribution in [3.63, 3.8) is 0 Å². The van der Waals surface area contributed by atoms with Gasteiger partial charge in [0.15, 0.2) is 4.96 Å². The highest BCUT2D eigenvalue weighted by Gasteiger charge is 2.25. The highest BCUT2D eigenvalue weighted by Crippen LogP contribution is 2.14. The number of nitrogens with one attached hydrogen (secondary N) is 1. The molecule has 4 rings (SSSR count). The lowest BCUT2D eigenvalue weighted by atomic mass is 10.2. The minimum absolute atomic E-state index is 0.0223. The maximum Gasteiger partial charge on any atom is 0.258 e. The Labute approximate surface area is 185 Å². The first-order valence-electron chi connectivity index (χ1n) is 10.4. The first-order valence-corrected chi connectivity index (χ1v) is 11.2. The first-order chi connectivity index (χ1) is 15.0. The largest absolute Gasteiger partial charge is 0.497 e. The summed E-state index contributed by atoms with van der Waals surface area (Å²) in [6.07, 6.45) is 1.75. The Morgan fingerprint density at radius 3 is 2.84 bits per heavy atom. The predicted molar refractivity (Wildman–Crippen MR) is 120 cm³/mol. The van der Waals surface area contributed by atoms with Gasteiger partial charge in [0.05, 0.1) is 18.8 Å². The molecule has 8 nitrogen and oxygen atoms in total. The molecule has 1 fully saturated rings. The second-order valence-corrected chi connectivity index (χ2v) is 8.57. The van der Waals surface area contributed by atoms with Gasteiger partial charge in [-0.2, -0.15) is 0 Å². The zero-order chi connectivity index (χ0) is 21.8.